The van der Waals surface area contributed by atoms with Gasteiger partial charge in [-0.1, -0.05) is 17.7 Å². The van der Waals surface area contributed by atoms with Gasteiger partial charge in [-0.05, 0) is 44.4 Å². The highest BCUT2D eigenvalue weighted by molar-refractivity contribution is 6.31. The first-order valence-corrected chi connectivity index (χ1v) is 7.25. The van der Waals surface area contributed by atoms with Gasteiger partial charge in [0.2, 0.25) is 0 Å². The van der Waals surface area contributed by atoms with E-state index in [1.54, 1.807) is 24.0 Å². The molecule has 0 radical (unpaired) electrons. The van der Waals surface area contributed by atoms with Crippen molar-refractivity contribution in [1.29, 1.82) is 0 Å². The van der Waals surface area contributed by atoms with Crippen LogP contribution in [0.15, 0.2) is 18.2 Å². The third kappa shape index (κ3) is 3.47. The molecule has 1 aliphatic heterocycles. The van der Waals surface area contributed by atoms with E-state index < -0.39 is 11.4 Å². The molecule has 114 valence electrons. The van der Waals surface area contributed by atoms with Gasteiger partial charge >= 0.3 is 12.0 Å². The van der Waals surface area contributed by atoms with Gasteiger partial charge in [0.05, 0.1) is 5.41 Å². The van der Waals surface area contributed by atoms with Gasteiger partial charge in [-0.2, -0.15) is 0 Å². The number of anilines is 1. The summed E-state index contributed by atoms with van der Waals surface area (Å²) in [5, 5.41) is 12.6. The summed E-state index contributed by atoms with van der Waals surface area (Å²) in [6.45, 7) is 4.34. The number of piperidine rings is 1. The summed E-state index contributed by atoms with van der Waals surface area (Å²) >= 11 is 6.03. The van der Waals surface area contributed by atoms with Crippen LogP contribution >= 0.6 is 11.6 Å². The van der Waals surface area contributed by atoms with Crippen molar-refractivity contribution in [3.8, 4) is 0 Å². The van der Waals surface area contributed by atoms with Crippen LogP contribution in [0, 0.1) is 12.3 Å². The molecule has 1 atom stereocenters. The molecule has 2 amide bonds. The van der Waals surface area contributed by atoms with Gasteiger partial charge in [-0.15, -0.1) is 0 Å². The number of hydrogen-bond acceptors (Lipinski definition) is 2. The van der Waals surface area contributed by atoms with Gasteiger partial charge in [0.25, 0.3) is 0 Å². The van der Waals surface area contributed by atoms with Crippen LogP contribution in [-0.4, -0.2) is 35.1 Å². The zero-order valence-corrected chi connectivity index (χ0v) is 12.9. The zero-order valence-electron chi connectivity index (χ0n) is 12.1. The first kappa shape index (κ1) is 15.6. The number of carbonyl (C=O) groups is 2. The monoisotopic (exact) mass is 310 g/mol. The number of carbonyl (C=O) groups excluding carboxylic acids is 1. The highest BCUT2D eigenvalue weighted by Crippen LogP contribution is 2.30. The van der Waals surface area contributed by atoms with Crippen LogP contribution in [-0.2, 0) is 4.79 Å². The van der Waals surface area contributed by atoms with Crippen LogP contribution in [0.2, 0.25) is 5.02 Å². The molecule has 0 aliphatic carbocycles. The lowest BCUT2D eigenvalue weighted by Gasteiger charge is -2.37. The Hall–Kier alpha value is -1.75. The molecule has 1 aromatic carbocycles. The minimum atomic E-state index is -0.874. The minimum absolute atomic E-state index is 0.216. The largest absolute Gasteiger partial charge is 0.481 e. The maximum atomic E-state index is 12.3. The van der Waals surface area contributed by atoms with Gasteiger partial charge in [0.15, 0.2) is 0 Å². The molecule has 0 aromatic heterocycles. The zero-order chi connectivity index (χ0) is 15.6. The minimum Gasteiger partial charge on any atom is -0.481 e. The maximum Gasteiger partial charge on any atom is 0.321 e. The molecule has 6 heteroatoms. The molecular formula is C15H19ClN2O3. The van der Waals surface area contributed by atoms with Crippen LogP contribution in [0.5, 0.6) is 0 Å². The van der Waals surface area contributed by atoms with Crippen molar-refractivity contribution in [2.45, 2.75) is 26.7 Å². The molecular weight excluding hydrogens is 292 g/mol. The Morgan fingerprint density at radius 3 is 2.76 bits per heavy atom. The number of carboxylic acids is 1. The molecule has 1 fully saturated rings. The highest BCUT2D eigenvalue weighted by Gasteiger charge is 2.39. The fourth-order valence-electron chi connectivity index (χ4n) is 2.46. The van der Waals surface area contributed by atoms with E-state index in [-0.39, 0.29) is 12.6 Å². The van der Waals surface area contributed by atoms with Crippen molar-refractivity contribution in [2.75, 3.05) is 18.4 Å². The molecule has 2 N–H and O–H groups in total. The van der Waals surface area contributed by atoms with Crippen molar-refractivity contribution in [2.24, 2.45) is 5.41 Å². The second-order valence-electron chi connectivity index (χ2n) is 5.79. The van der Waals surface area contributed by atoms with Crippen molar-refractivity contribution < 1.29 is 14.7 Å². The number of likely N-dealkylation sites (tertiary alicyclic amines) is 1. The van der Waals surface area contributed by atoms with Crippen LogP contribution in [0.25, 0.3) is 0 Å². The van der Waals surface area contributed by atoms with E-state index in [0.717, 1.165) is 5.56 Å². The van der Waals surface area contributed by atoms with Gasteiger partial charge in [0.1, 0.15) is 0 Å². The van der Waals surface area contributed by atoms with Gasteiger partial charge in [-0.25, -0.2) is 4.79 Å². The Bertz CT molecular complexity index is 576. The predicted octanol–water partition coefficient (Wildman–Crippen LogP) is 3.37. The Balaban J connectivity index is 2.06. The third-order valence-corrected chi connectivity index (χ3v) is 4.33. The van der Waals surface area contributed by atoms with E-state index in [4.69, 9.17) is 11.6 Å². The predicted molar refractivity (Wildman–Crippen MR) is 81.8 cm³/mol. The fraction of sp³-hybridized carbons (Fsp3) is 0.467. The van der Waals surface area contributed by atoms with Crippen LogP contribution in [0.4, 0.5) is 10.5 Å². The molecule has 1 aromatic rings. The number of halogens is 1. The smallest absolute Gasteiger partial charge is 0.321 e. The van der Waals surface area contributed by atoms with Crippen molar-refractivity contribution in [3.63, 3.8) is 0 Å². The molecule has 0 bridgehead atoms. The summed E-state index contributed by atoms with van der Waals surface area (Å²) in [6, 6.07) is 5.01. The quantitative estimate of drug-likeness (QED) is 0.880. The van der Waals surface area contributed by atoms with Gasteiger partial charge in [-0.3, -0.25) is 4.79 Å². The molecule has 0 saturated carbocycles. The number of urea groups is 1. The number of aryl methyl sites for hydroxylation is 1. The maximum absolute atomic E-state index is 12.3. The van der Waals surface area contributed by atoms with Crippen LogP contribution in [0.1, 0.15) is 25.3 Å². The molecule has 5 nitrogen and oxygen atoms in total. The summed E-state index contributed by atoms with van der Waals surface area (Å²) in [5.41, 5.74) is 0.671. The Morgan fingerprint density at radius 1 is 1.43 bits per heavy atom. The number of amides is 2. The molecule has 1 heterocycles. The number of nitrogens with zero attached hydrogens (tertiary/aromatic N) is 1. The number of rotatable bonds is 2. The van der Waals surface area contributed by atoms with E-state index in [0.29, 0.717) is 30.1 Å². The normalized spacial score (nSPS) is 22.0. The van der Waals surface area contributed by atoms with Gasteiger partial charge < -0.3 is 15.3 Å². The Labute approximate surface area is 128 Å². The number of hydrogen-bond donors (Lipinski definition) is 2. The van der Waals surface area contributed by atoms with Crippen LogP contribution < -0.4 is 5.32 Å². The number of aliphatic carboxylic acids is 1. The number of carboxylic acid groups (broad SMARTS) is 1. The molecule has 0 spiro atoms. The standard InChI is InChI=1S/C15H19ClN2O3/c1-10-4-5-11(8-12(10)16)17-14(21)18-7-3-6-15(2,9-18)13(19)20/h4-5,8H,3,6-7,9H2,1-2H3,(H,17,21)(H,19,20). The highest BCUT2D eigenvalue weighted by atomic mass is 35.5. The lowest BCUT2D eigenvalue weighted by molar-refractivity contribution is -0.150. The van der Waals surface area contributed by atoms with Crippen molar-refractivity contribution in [3.05, 3.63) is 28.8 Å². The average Bonchev–Trinajstić information content (AvgIpc) is 2.43. The van der Waals surface area contributed by atoms with Crippen molar-refractivity contribution in [1.82, 2.24) is 4.90 Å². The molecule has 2 rings (SSSR count). The Morgan fingerprint density at radius 2 is 2.14 bits per heavy atom. The second kappa shape index (κ2) is 5.93. The summed E-state index contributed by atoms with van der Waals surface area (Å²) in [7, 11) is 0. The fourth-order valence-corrected chi connectivity index (χ4v) is 2.64. The molecule has 1 saturated heterocycles. The summed E-state index contributed by atoms with van der Waals surface area (Å²) in [5.74, 6) is -0.863. The Kier molecular flexibility index (Phi) is 4.42. The number of nitrogens with one attached hydrogen (secondary N) is 1. The van der Waals surface area contributed by atoms with E-state index >= 15 is 0 Å². The van der Waals surface area contributed by atoms with E-state index in [2.05, 4.69) is 5.32 Å². The SMILES string of the molecule is Cc1ccc(NC(=O)N2CCCC(C)(C(=O)O)C2)cc1Cl. The molecule has 1 unspecified atom stereocenters. The lowest BCUT2D eigenvalue weighted by atomic mass is 9.82. The number of benzene rings is 1. The van der Waals surface area contributed by atoms with Crippen LogP contribution in [0.3, 0.4) is 0 Å². The summed E-state index contributed by atoms with van der Waals surface area (Å²) in [6.07, 6.45) is 1.27. The summed E-state index contributed by atoms with van der Waals surface area (Å²) in [4.78, 5) is 25.1. The average molecular weight is 311 g/mol. The topological polar surface area (TPSA) is 69.6 Å². The third-order valence-electron chi connectivity index (χ3n) is 3.92. The lowest BCUT2D eigenvalue weighted by Crippen LogP contribution is -2.49. The van der Waals surface area contributed by atoms with E-state index in [1.807, 2.05) is 13.0 Å². The second-order valence-corrected chi connectivity index (χ2v) is 6.19. The van der Waals surface area contributed by atoms with Crippen molar-refractivity contribution >= 4 is 29.3 Å². The van der Waals surface area contributed by atoms with E-state index in [1.165, 1.54) is 0 Å². The molecule has 1 aliphatic rings. The van der Waals surface area contributed by atoms with E-state index in [9.17, 15) is 14.7 Å². The van der Waals surface area contributed by atoms with Gasteiger partial charge in [0, 0.05) is 23.8 Å². The first-order chi connectivity index (χ1) is 9.82. The first-order valence-electron chi connectivity index (χ1n) is 6.87. The molecule has 21 heavy (non-hydrogen) atoms. The summed E-state index contributed by atoms with van der Waals surface area (Å²) < 4.78 is 0.